The summed E-state index contributed by atoms with van der Waals surface area (Å²) in [5, 5.41) is 8.20. The van der Waals surface area contributed by atoms with Gasteiger partial charge in [-0.25, -0.2) is 9.67 Å². The van der Waals surface area contributed by atoms with Gasteiger partial charge < -0.3 is 0 Å². The van der Waals surface area contributed by atoms with E-state index in [4.69, 9.17) is 11.6 Å². The Morgan fingerprint density at radius 2 is 1.89 bits per heavy atom. The van der Waals surface area contributed by atoms with Crippen molar-refractivity contribution in [2.24, 2.45) is 0 Å². The van der Waals surface area contributed by atoms with Gasteiger partial charge in [-0.3, -0.25) is 10.1 Å². The third-order valence-electron chi connectivity index (χ3n) is 4.59. The van der Waals surface area contributed by atoms with Crippen molar-refractivity contribution in [2.75, 3.05) is 5.32 Å². The SMILES string of the molecule is Cc1ccc(Cn2nc(C)c(C(=O)Nc3nc4c(C)cccc4s3)c2Cl)cc1. The molecule has 0 aliphatic rings. The Bertz CT molecular complexity index is 1180. The van der Waals surface area contributed by atoms with Crippen molar-refractivity contribution in [3.63, 3.8) is 0 Å². The van der Waals surface area contributed by atoms with E-state index in [-0.39, 0.29) is 5.91 Å². The number of carbonyl (C=O) groups is 1. The Hall–Kier alpha value is -2.70. The van der Waals surface area contributed by atoms with Gasteiger partial charge in [0.1, 0.15) is 5.15 Å². The molecule has 0 saturated heterocycles. The molecule has 1 amide bonds. The fraction of sp³-hybridized carbons (Fsp3) is 0.190. The van der Waals surface area contributed by atoms with E-state index in [9.17, 15) is 4.79 Å². The summed E-state index contributed by atoms with van der Waals surface area (Å²) in [5.74, 6) is -0.297. The van der Waals surface area contributed by atoms with E-state index in [1.54, 1.807) is 11.6 Å². The number of carbonyl (C=O) groups excluding carboxylic acids is 1. The molecule has 0 aliphatic carbocycles. The number of aromatic nitrogens is 3. The third kappa shape index (κ3) is 3.53. The molecule has 0 atom stereocenters. The van der Waals surface area contributed by atoms with Gasteiger partial charge in [0.2, 0.25) is 0 Å². The van der Waals surface area contributed by atoms with Crippen LogP contribution in [0.2, 0.25) is 5.15 Å². The average Bonchev–Trinajstić information content (AvgIpc) is 3.18. The minimum atomic E-state index is -0.297. The Kier molecular flexibility index (Phi) is 4.91. The molecule has 0 fully saturated rings. The van der Waals surface area contributed by atoms with Crippen LogP contribution in [0.3, 0.4) is 0 Å². The first-order valence-corrected chi connectivity index (χ1v) is 10.1. The summed E-state index contributed by atoms with van der Waals surface area (Å²) in [6, 6.07) is 14.1. The summed E-state index contributed by atoms with van der Waals surface area (Å²) < 4.78 is 2.69. The molecule has 0 aliphatic heterocycles. The molecule has 0 unspecified atom stereocenters. The lowest BCUT2D eigenvalue weighted by atomic mass is 10.1. The lowest BCUT2D eigenvalue weighted by Gasteiger charge is -2.05. The van der Waals surface area contributed by atoms with E-state index in [2.05, 4.69) is 15.4 Å². The van der Waals surface area contributed by atoms with Gasteiger partial charge in [0.25, 0.3) is 5.91 Å². The van der Waals surface area contributed by atoms with E-state index < -0.39 is 0 Å². The number of nitrogens with zero attached hydrogens (tertiary/aromatic N) is 3. The van der Waals surface area contributed by atoms with Crippen LogP contribution in [-0.4, -0.2) is 20.7 Å². The molecule has 4 rings (SSSR count). The smallest absolute Gasteiger partial charge is 0.262 e. The summed E-state index contributed by atoms with van der Waals surface area (Å²) >= 11 is 7.94. The number of hydrogen-bond acceptors (Lipinski definition) is 4. The van der Waals surface area contributed by atoms with E-state index in [0.29, 0.717) is 28.1 Å². The highest BCUT2D eigenvalue weighted by Gasteiger charge is 2.21. The maximum absolute atomic E-state index is 12.8. The Morgan fingerprint density at radius 1 is 1.14 bits per heavy atom. The molecular weight excluding hydrogens is 392 g/mol. The predicted molar refractivity (Wildman–Crippen MR) is 115 cm³/mol. The zero-order valence-corrected chi connectivity index (χ0v) is 17.4. The van der Waals surface area contributed by atoms with Gasteiger partial charge in [-0.15, -0.1) is 0 Å². The Labute approximate surface area is 172 Å². The first-order chi connectivity index (χ1) is 13.4. The molecule has 0 saturated carbocycles. The summed E-state index contributed by atoms with van der Waals surface area (Å²) in [5.41, 5.74) is 5.22. The van der Waals surface area contributed by atoms with Crippen LogP contribution in [0.4, 0.5) is 5.13 Å². The van der Waals surface area contributed by atoms with Crippen LogP contribution < -0.4 is 5.32 Å². The topological polar surface area (TPSA) is 59.8 Å². The highest BCUT2D eigenvalue weighted by Crippen LogP contribution is 2.29. The Balaban J connectivity index is 1.59. The first-order valence-electron chi connectivity index (χ1n) is 8.88. The lowest BCUT2D eigenvalue weighted by Crippen LogP contribution is -2.13. The number of aryl methyl sites for hydroxylation is 3. The van der Waals surface area contributed by atoms with Crippen molar-refractivity contribution in [3.05, 3.63) is 75.6 Å². The number of rotatable bonds is 4. The minimum Gasteiger partial charge on any atom is -0.298 e. The molecule has 0 spiro atoms. The number of nitrogens with one attached hydrogen (secondary N) is 1. The number of thiazole rings is 1. The van der Waals surface area contributed by atoms with Crippen LogP contribution >= 0.6 is 22.9 Å². The molecule has 0 radical (unpaired) electrons. The van der Waals surface area contributed by atoms with Gasteiger partial charge in [-0.1, -0.05) is 64.9 Å². The molecule has 4 aromatic rings. The van der Waals surface area contributed by atoms with Crippen molar-refractivity contribution < 1.29 is 4.79 Å². The van der Waals surface area contributed by atoms with Crippen LogP contribution in [0.1, 0.15) is 32.7 Å². The second-order valence-corrected chi connectivity index (χ2v) is 8.18. The maximum Gasteiger partial charge on any atom is 0.262 e. The van der Waals surface area contributed by atoms with Gasteiger partial charge in [0, 0.05) is 0 Å². The number of hydrogen-bond donors (Lipinski definition) is 1. The van der Waals surface area contributed by atoms with Crippen LogP contribution in [0.25, 0.3) is 10.2 Å². The molecule has 28 heavy (non-hydrogen) atoms. The number of fused-ring (bicyclic) bond motifs is 1. The second-order valence-electron chi connectivity index (χ2n) is 6.79. The van der Waals surface area contributed by atoms with E-state index in [0.717, 1.165) is 21.3 Å². The van der Waals surface area contributed by atoms with Crippen molar-refractivity contribution in [3.8, 4) is 0 Å². The second kappa shape index (κ2) is 7.37. The largest absolute Gasteiger partial charge is 0.298 e. The molecular formula is C21H19ClN4OS. The normalized spacial score (nSPS) is 11.1. The fourth-order valence-corrected chi connectivity index (χ4v) is 4.34. The standard InChI is InChI=1S/C21H19ClN4OS/c1-12-7-9-15(10-8-12)11-26-19(22)17(14(3)25-26)20(27)24-21-23-18-13(2)5-4-6-16(18)28-21/h4-10H,11H2,1-3H3,(H,23,24,27). The van der Waals surface area contributed by atoms with E-state index in [1.165, 1.54) is 16.9 Å². The van der Waals surface area contributed by atoms with Crippen LogP contribution in [0.5, 0.6) is 0 Å². The molecule has 2 heterocycles. The van der Waals surface area contributed by atoms with Crippen molar-refractivity contribution in [2.45, 2.75) is 27.3 Å². The van der Waals surface area contributed by atoms with Crippen molar-refractivity contribution in [1.29, 1.82) is 0 Å². The van der Waals surface area contributed by atoms with Gasteiger partial charge in [0.15, 0.2) is 5.13 Å². The van der Waals surface area contributed by atoms with Crippen molar-refractivity contribution in [1.82, 2.24) is 14.8 Å². The zero-order valence-electron chi connectivity index (χ0n) is 15.8. The molecule has 0 bridgehead atoms. The first kappa shape index (κ1) is 18.7. The zero-order chi connectivity index (χ0) is 19.8. The summed E-state index contributed by atoms with van der Waals surface area (Å²) in [6.45, 7) is 6.34. The number of amides is 1. The third-order valence-corrected chi connectivity index (χ3v) is 5.91. The van der Waals surface area contributed by atoms with Crippen molar-refractivity contribution >= 4 is 44.2 Å². The van der Waals surface area contributed by atoms with Crippen LogP contribution in [0, 0.1) is 20.8 Å². The maximum atomic E-state index is 12.8. The summed E-state index contributed by atoms with van der Waals surface area (Å²) in [6.07, 6.45) is 0. The number of anilines is 1. The van der Waals surface area contributed by atoms with Crippen LogP contribution in [-0.2, 0) is 6.54 Å². The van der Waals surface area contributed by atoms with E-state index in [1.807, 2.05) is 56.3 Å². The summed E-state index contributed by atoms with van der Waals surface area (Å²) in [7, 11) is 0. The quantitative estimate of drug-likeness (QED) is 0.491. The van der Waals surface area contributed by atoms with Gasteiger partial charge in [0.05, 0.1) is 28.0 Å². The summed E-state index contributed by atoms with van der Waals surface area (Å²) in [4.78, 5) is 17.4. The molecule has 5 nitrogen and oxygen atoms in total. The molecule has 142 valence electrons. The average molecular weight is 411 g/mol. The number of benzene rings is 2. The molecule has 2 aromatic heterocycles. The predicted octanol–water partition coefficient (Wildman–Crippen LogP) is 5.37. The molecule has 7 heteroatoms. The molecule has 1 N–H and O–H groups in total. The number of halogens is 1. The van der Waals surface area contributed by atoms with Crippen LogP contribution in [0.15, 0.2) is 42.5 Å². The number of para-hydroxylation sites is 1. The minimum absolute atomic E-state index is 0.297. The Morgan fingerprint density at radius 3 is 2.61 bits per heavy atom. The van der Waals surface area contributed by atoms with Gasteiger partial charge >= 0.3 is 0 Å². The van der Waals surface area contributed by atoms with Gasteiger partial charge in [-0.05, 0) is 38.0 Å². The van der Waals surface area contributed by atoms with Gasteiger partial charge in [-0.2, -0.15) is 5.10 Å². The highest BCUT2D eigenvalue weighted by atomic mass is 35.5. The van der Waals surface area contributed by atoms with E-state index >= 15 is 0 Å². The molecule has 2 aromatic carbocycles. The lowest BCUT2D eigenvalue weighted by molar-refractivity contribution is 0.102. The monoisotopic (exact) mass is 410 g/mol. The fourth-order valence-electron chi connectivity index (χ4n) is 3.08. The highest BCUT2D eigenvalue weighted by molar-refractivity contribution is 7.22.